The van der Waals surface area contributed by atoms with Gasteiger partial charge in [0.05, 0.1) is 0 Å². The van der Waals surface area contributed by atoms with Crippen LogP contribution in [0.4, 0.5) is 0 Å². The van der Waals surface area contributed by atoms with Gasteiger partial charge in [-0.2, -0.15) is 0 Å². The van der Waals surface area contributed by atoms with Crippen molar-refractivity contribution in [3.8, 4) is 0 Å². The first-order chi connectivity index (χ1) is 6.18. The average Bonchev–Trinajstić information content (AvgIpc) is 2.60. The molecule has 0 amide bonds. The smallest absolute Gasteiger partial charge is 0.0454 e. The van der Waals surface area contributed by atoms with E-state index in [1.807, 2.05) is 6.08 Å². The second-order valence-corrected chi connectivity index (χ2v) is 4.14. The molecule has 0 spiro atoms. The summed E-state index contributed by atoms with van der Waals surface area (Å²) in [5, 5.41) is 19.7. The lowest BCUT2D eigenvalue weighted by Crippen LogP contribution is -2.39. The topological polar surface area (TPSA) is 60.4 Å². The second-order valence-electron chi connectivity index (χ2n) is 4.14. The van der Waals surface area contributed by atoms with Crippen molar-refractivity contribution in [1.82, 2.24) is 0 Å². The minimum Gasteiger partial charge on any atom is -0.550 e. The van der Waals surface area contributed by atoms with E-state index in [4.69, 9.17) is 5.11 Å². The van der Waals surface area contributed by atoms with Crippen molar-refractivity contribution in [2.75, 3.05) is 6.61 Å². The molecule has 0 aromatic heterocycles. The quantitative estimate of drug-likeness (QED) is 0.608. The summed E-state index contributed by atoms with van der Waals surface area (Å²) in [6.07, 6.45) is 6.18. The molecule has 2 bridgehead atoms. The van der Waals surface area contributed by atoms with Crippen LogP contribution in [0.15, 0.2) is 12.2 Å². The highest BCUT2D eigenvalue weighted by atomic mass is 16.4. The van der Waals surface area contributed by atoms with Crippen LogP contribution < -0.4 is 5.11 Å². The Balaban J connectivity index is 2.23. The van der Waals surface area contributed by atoms with Gasteiger partial charge in [-0.3, -0.25) is 0 Å². The van der Waals surface area contributed by atoms with E-state index in [0.29, 0.717) is 18.8 Å². The first kappa shape index (κ1) is 8.75. The molecule has 0 aromatic carbocycles. The minimum absolute atomic E-state index is 0.0564. The van der Waals surface area contributed by atoms with E-state index in [-0.39, 0.29) is 17.9 Å². The van der Waals surface area contributed by atoms with Gasteiger partial charge < -0.3 is 15.0 Å². The predicted octanol–water partition coefficient (Wildman–Crippen LogP) is -0.299. The lowest BCUT2D eigenvalue weighted by molar-refractivity contribution is -0.314. The lowest BCUT2D eigenvalue weighted by Gasteiger charge is -2.32. The van der Waals surface area contributed by atoms with Crippen LogP contribution in [-0.4, -0.2) is 17.7 Å². The van der Waals surface area contributed by atoms with Crippen molar-refractivity contribution in [2.45, 2.75) is 19.3 Å². The number of aliphatic hydroxyl groups excluding tert-OH is 1. The van der Waals surface area contributed by atoms with Crippen molar-refractivity contribution in [1.29, 1.82) is 0 Å². The summed E-state index contributed by atoms with van der Waals surface area (Å²) < 4.78 is 0. The molecular weight excluding hydrogens is 168 g/mol. The highest BCUT2D eigenvalue weighted by Gasteiger charge is 2.48. The Morgan fingerprint density at radius 2 is 2.46 bits per heavy atom. The van der Waals surface area contributed by atoms with E-state index < -0.39 is 5.97 Å². The predicted molar refractivity (Wildman–Crippen MR) is 44.5 cm³/mol. The lowest BCUT2D eigenvalue weighted by atomic mass is 9.76. The molecule has 0 radical (unpaired) electrons. The summed E-state index contributed by atoms with van der Waals surface area (Å²) >= 11 is 0. The molecule has 13 heavy (non-hydrogen) atoms. The number of allylic oxidation sites excluding steroid dienone is 2. The van der Waals surface area contributed by atoms with Crippen molar-refractivity contribution in [2.24, 2.45) is 17.3 Å². The molecule has 2 aliphatic carbocycles. The van der Waals surface area contributed by atoms with Crippen LogP contribution in [0.2, 0.25) is 0 Å². The number of carbonyl (C=O) groups is 1. The fraction of sp³-hybridized carbons (Fsp3) is 0.700. The molecular formula is C10H13O3-. The Morgan fingerprint density at radius 1 is 1.69 bits per heavy atom. The maximum atomic E-state index is 10.8. The molecule has 1 N–H and O–H groups in total. The van der Waals surface area contributed by atoms with Gasteiger partial charge in [-0.15, -0.1) is 0 Å². The van der Waals surface area contributed by atoms with Crippen LogP contribution in [0.1, 0.15) is 19.3 Å². The number of carbonyl (C=O) groups excluding carboxylic acids is 1. The van der Waals surface area contributed by atoms with Crippen LogP contribution in [0, 0.1) is 17.3 Å². The standard InChI is InChI=1S/C10H14O3/c11-4-3-10-2-1-7(6-10)5-8(10)9(12)13/h1-2,7-8,11H,3-6H2,(H,12,13)/p-1. The first-order valence-corrected chi connectivity index (χ1v) is 4.69. The second kappa shape index (κ2) is 2.84. The van der Waals surface area contributed by atoms with Crippen LogP contribution in [0.25, 0.3) is 0 Å². The van der Waals surface area contributed by atoms with E-state index in [2.05, 4.69) is 6.08 Å². The highest BCUT2D eigenvalue weighted by Crippen LogP contribution is 2.54. The Hall–Kier alpha value is -0.830. The SMILES string of the molecule is O=C([O-])C1CC2C=CC1(CCO)C2. The monoisotopic (exact) mass is 181 g/mol. The van der Waals surface area contributed by atoms with E-state index in [0.717, 1.165) is 6.42 Å². The molecule has 2 rings (SSSR count). The molecule has 0 aromatic rings. The van der Waals surface area contributed by atoms with E-state index in [1.165, 1.54) is 0 Å². The molecule has 3 atom stereocenters. The zero-order valence-corrected chi connectivity index (χ0v) is 7.40. The summed E-state index contributed by atoms with van der Waals surface area (Å²) in [4.78, 5) is 10.8. The summed E-state index contributed by atoms with van der Waals surface area (Å²) in [6.45, 7) is 0.0564. The molecule has 2 aliphatic rings. The third-order valence-corrected chi connectivity index (χ3v) is 3.44. The van der Waals surface area contributed by atoms with Crippen LogP contribution in [0.3, 0.4) is 0 Å². The van der Waals surface area contributed by atoms with Gasteiger partial charge >= 0.3 is 0 Å². The number of carboxylic acids is 1. The fourth-order valence-electron chi connectivity index (χ4n) is 2.81. The third kappa shape index (κ3) is 1.18. The fourth-order valence-corrected chi connectivity index (χ4v) is 2.81. The summed E-state index contributed by atoms with van der Waals surface area (Å²) in [7, 11) is 0. The van der Waals surface area contributed by atoms with E-state index in [9.17, 15) is 9.90 Å². The van der Waals surface area contributed by atoms with Crippen LogP contribution >= 0.6 is 0 Å². The maximum Gasteiger partial charge on any atom is 0.0454 e. The normalized spacial score (nSPS) is 41.3. The molecule has 0 saturated heterocycles. The highest BCUT2D eigenvalue weighted by molar-refractivity contribution is 5.70. The largest absolute Gasteiger partial charge is 0.550 e. The molecule has 0 heterocycles. The number of fused-ring (bicyclic) bond motifs is 2. The number of aliphatic hydroxyl groups is 1. The molecule has 1 fully saturated rings. The Morgan fingerprint density at radius 3 is 3.00 bits per heavy atom. The van der Waals surface area contributed by atoms with Gasteiger partial charge in [-0.1, -0.05) is 12.2 Å². The third-order valence-electron chi connectivity index (χ3n) is 3.44. The number of hydrogen-bond acceptors (Lipinski definition) is 3. The minimum atomic E-state index is -0.958. The summed E-state index contributed by atoms with van der Waals surface area (Å²) in [5.74, 6) is -0.940. The Bertz CT molecular complexity index is 259. The van der Waals surface area contributed by atoms with Gasteiger partial charge in [0.25, 0.3) is 0 Å². The van der Waals surface area contributed by atoms with Crippen molar-refractivity contribution in [3.05, 3.63) is 12.2 Å². The van der Waals surface area contributed by atoms with E-state index >= 15 is 0 Å². The van der Waals surface area contributed by atoms with Crippen LogP contribution in [0.5, 0.6) is 0 Å². The number of aliphatic carboxylic acids is 1. The molecule has 3 unspecified atom stereocenters. The molecule has 0 aliphatic heterocycles. The maximum absolute atomic E-state index is 10.8. The van der Waals surface area contributed by atoms with Gasteiger partial charge in [0, 0.05) is 18.5 Å². The number of rotatable bonds is 3. The number of carboxylic acid groups (broad SMARTS) is 1. The van der Waals surface area contributed by atoms with Gasteiger partial charge in [0.2, 0.25) is 0 Å². The molecule has 72 valence electrons. The van der Waals surface area contributed by atoms with E-state index in [1.54, 1.807) is 0 Å². The Labute approximate surface area is 77.1 Å². The van der Waals surface area contributed by atoms with Crippen LogP contribution in [-0.2, 0) is 4.79 Å². The van der Waals surface area contributed by atoms with Crippen molar-refractivity contribution >= 4 is 5.97 Å². The van der Waals surface area contributed by atoms with Gasteiger partial charge in [0.15, 0.2) is 0 Å². The zero-order valence-electron chi connectivity index (χ0n) is 7.40. The van der Waals surface area contributed by atoms with Gasteiger partial charge in [0.1, 0.15) is 0 Å². The zero-order chi connectivity index (χ0) is 9.47. The summed E-state index contributed by atoms with van der Waals surface area (Å²) in [5.41, 5.74) is -0.293. The average molecular weight is 181 g/mol. The summed E-state index contributed by atoms with van der Waals surface area (Å²) in [6, 6.07) is 0. The molecule has 3 nitrogen and oxygen atoms in total. The first-order valence-electron chi connectivity index (χ1n) is 4.69. The molecule has 3 heteroatoms. The number of hydrogen-bond donors (Lipinski definition) is 1. The van der Waals surface area contributed by atoms with Gasteiger partial charge in [-0.25, -0.2) is 0 Å². The molecule has 1 saturated carbocycles. The van der Waals surface area contributed by atoms with Gasteiger partial charge in [-0.05, 0) is 30.6 Å². The Kier molecular flexibility index (Phi) is 1.91. The van der Waals surface area contributed by atoms with Crippen molar-refractivity contribution in [3.63, 3.8) is 0 Å². The van der Waals surface area contributed by atoms with Crippen molar-refractivity contribution < 1.29 is 15.0 Å².